The second kappa shape index (κ2) is 5.54. The van der Waals surface area contributed by atoms with Crippen LogP contribution in [0.15, 0.2) is 24.3 Å². The van der Waals surface area contributed by atoms with E-state index in [9.17, 15) is 5.11 Å². The van der Waals surface area contributed by atoms with Crippen LogP contribution in [-0.4, -0.2) is 18.2 Å². The Labute approximate surface area is 104 Å². The molecule has 1 aliphatic rings. The SMILES string of the molecule is CCC1CCN(c2ccccc2[C@H](O)CC)C1. The first-order chi connectivity index (χ1) is 8.26. The lowest BCUT2D eigenvalue weighted by molar-refractivity contribution is 0.174. The number of hydrogen-bond acceptors (Lipinski definition) is 2. The molecule has 2 heteroatoms. The van der Waals surface area contributed by atoms with Crippen LogP contribution in [0.5, 0.6) is 0 Å². The van der Waals surface area contributed by atoms with E-state index in [1.165, 1.54) is 18.5 Å². The van der Waals surface area contributed by atoms with Crippen LogP contribution in [0.4, 0.5) is 5.69 Å². The molecule has 2 nitrogen and oxygen atoms in total. The Hall–Kier alpha value is -1.02. The van der Waals surface area contributed by atoms with Gasteiger partial charge in [-0.2, -0.15) is 0 Å². The van der Waals surface area contributed by atoms with Gasteiger partial charge in [0.1, 0.15) is 0 Å². The number of rotatable bonds is 4. The first-order valence-corrected chi connectivity index (χ1v) is 6.78. The molecule has 0 aliphatic carbocycles. The molecular weight excluding hydrogens is 210 g/mol. The van der Waals surface area contributed by atoms with Crippen molar-refractivity contribution < 1.29 is 5.11 Å². The van der Waals surface area contributed by atoms with Gasteiger partial charge in [0.15, 0.2) is 0 Å². The third-order valence-electron chi connectivity index (χ3n) is 3.89. The fraction of sp³-hybridized carbons (Fsp3) is 0.600. The van der Waals surface area contributed by atoms with Crippen LogP contribution >= 0.6 is 0 Å². The Kier molecular flexibility index (Phi) is 4.06. The molecule has 1 saturated heterocycles. The minimum atomic E-state index is -0.327. The first-order valence-electron chi connectivity index (χ1n) is 6.78. The Morgan fingerprint density at radius 2 is 2.12 bits per heavy atom. The fourth-order valence-corrected chi connectivity index (χ4v) is 2.66. The molecule has 1 unspecified atom stereocenters. The van der Waals surface area contributed by atoms with Gasteiger partial charge in [0.25, 0.3) is 0 Å². The maximum Gasteiger partial charge on any atom is 0.0807 e. The predicted molar refractivity (Wildman–Crippen MR) is 72.3 cm³/mol. The summed E-state index contributed by atoms with van der Waals surface area (Å²) >= 11 is 0. The summed E-state index contributed by atoms with van der Waals surface area (Å²) in [6.07, 6.45) is 3.00. The highest BCUT2D eigenvalue weighted by Gasteiger charge is 2.23. The average molecular weight is 233 g/mol. The van der Waals surface area contributed by atoms with E-state index in [2.05, 4.69) is 30.0 Å². The zero-order chi connectivity index (χ0) is 12.3. The lowest BCUT2D eigenvalue weighted by atomic mass is 10.0. The van der Waals surface area contributed by atoms with Crippen LogP contribution in [-0.2, 0) is 0 Å². The molecule has 0 bridgehead atoms. The van der Waals surface area contributed by atoms with Crippen molar-refractivity contribution in [3.8, 4) is 0 Å². The van der Waals surface area contributed by atoms with Crippen LogP contribution in [0.25, 0.3) is 0 Å². The van der Waals surface area contributed by atoms with E-state index in [0.717, 1.165) is 31.0 Å². The van der Waals surface area contributed by atoms with Crippen molar-refractivity contribution >= 4 is 5.69 Å². The Morgan fingerprint density at radius 3 is 2.76 bits per heavy atom. The Balaban J connectivity index is 2.20. The minimum absolute atomic E-state index is 0.327. The maximum atomic E-state index is 10.1. The van der Waals surface area contributed by atoms with Gasteiger partial charge in [-0.1, -0.05) is 38.5 Å². The highest BCUT2D eigenvalue weighted by molar-refractivity contribution is 5.55. The molecule has 2 rings (SSSR count). The number of aliphatic hydroxyl groups excluding tert-OH is 1. The van der Waals surface area contributed by atoms with Gasteiger partial charge in [-0.25, -0.2) is 0 Å². The monoisotopic (exact) mass is 233 g/mol. The van der Waals surface area contributed by atoms with Gasteiger partial charge in [-0.05, 0) is 24.8 Å². The van der Waals surface area contributed by atoms with E-state index in [-0.39, 0.29) is 6.10 Å². The quantitative estimate of drug-likeness (QED) is 0.862. The zero-order valence-electron chi connectivity index (χ0n) is 10.9. The van der Waals surface area contributed by atoms with E-state index in [0.29, 0.717) is 0 Å². The summed E-state index contributed by atoms with van der Waals surface area (Å²) < 4.78 is 0. The van der Waals surface area contributed by atoms with Gasteiger partial charge in [0, 0.05) is 24.3 Å². The molecule has 1 heterocycles. The van der Waals surface area contributed by atoms with Crippen LogP contribution < -0.4 is 4.90 Å². The maximum absolute atomic E-state index is 10.1. The van der Waals surface area contributed by atoms with Gasteiger partial charge in [-0.3, -0.25) is 0 Å². The molecule has 1 aromatic rings. The fourth-order valence-electron chi connectivity index (χ4n) is 2.66. The summed E-state index contributed by atoms with van der Waals surface area (Å²) in [4.78, 5) is 2.43. The summed E-state index contributed by atoms with van der Waals surface area (Å²) in [7, 11) is 0. The van der Waals surface area contributed by atoms with Crippen LogP contribution in [0.2, 0.25) is 0 Å². The third kappa shape index (κ3) is 2.63. The van der Waals surface area contributed by atoms with Gasteiger partial charge in [0.05, 0.1) is 6.10 Å². The molecule has 2 atom stereocenters. The van der Waals surface area contributed by atoms with Crippen LogP contribution in [0, 0.1) is 5.92 Å². The number of hydrogen-bond donors (Lipinski definition) is 1. The second-order valence-electron chi connectivity index (χ2n) is 4.99. The van der Waals surface area contributed by atoms with Crippen molar-refractivity contribution in [1.82, 2.24) is 0 Å². The normalized spacial score (nSPS) is 21.8. The largest absolute Gasteiger partial charge is 0.388 e. The second-order valence-corrected chi connectivity index (χ2v) is 4.99. The van der Waals surface area contributed by atoms with Gasteiger partial charge in [-0.15, -0.1) is 0 Å². The molecule has 17 heavy (non-hydrogen) atoms. The van der Waals surface area contributed by atoms with E-state index < -0.39 is 0 Å². The zero-order valence-corrected chi connectivity index (χ0v) is 10.9. The summed E-state index contributed by atoms with van der Waals surface area (Å²) in [5.41, 5.74) is 2.32. The van der Waals surface area contributed by atoms with Gasteiger partial charge in [0.2, 0.25) is 0 Å². The topological polar surface area (TPSA) is 23.5 Å². The molecule has 0 aromatic heterocycles. The molecule has 1 aromatic carbocycles. The molecule has 0 amide bonds. The highest BCUT2D eigenvalue weighted by atomic mass is 16.3. The van der Waals surface area contributed by atoms with Crippen molar-refractivity contribution in [2.24, 2.45) is 5.92 Å². The van der Waals surface area contributed by atoms with Crippen molar-refractivity contribution in [1.29, 1.82) is 0 Å². The lowest BCUT2D eigenvalue weighted by Crippen LogP contribution is -2.21. The Morgan fingerprint density at radius 1 is 1.35 bits per heavy atom. The first kappa shape index (κ1) is 12.4. The molecular formula is C15H23NO. The molecule has 1 N–H and O–H groups in total. The molecule has 1 aliphatic heterocycles. The third-order valence-corrected chi connectivity index (χ3v) is 3.89. The standard InChI is InChI=1S/C15H23NO/c1-3-12-9-10-16(11-12)14-8-6-5-7-13(14)15(17)4-2/h5-8,12,15,17H,3-4,9-11H2,1-2H3/t12?,15-/m1/s1. The summed E-state index contributed by atoms with van der Waals surface area (Å²) in [5, 5.41) is 10.1. The lowest BCUT2D eigenvalue weighted by Gasteiger charge is -2.24. The van der Waals surface area contributed by atoms with Crippen molar-refractivity contribution in [2.75, 3.05) is 18.0 Å². The van der Waals surface area contributed by atoms with Crippen LogP contribution in [0.1, 0.15) is 44.8 Å². The molecule has 0 saturated carbocycles. The molecule has 1 fully saturated rings. The van der Waals surface area contributed by atoms with E-state index in [4.69, 9.17) is 0 Å². The van der Waals surface area contributed by atoms with Gasteiger partial charge >= 0.3 is 0 Å². The van der Waals surface area contributed by atoms with Gasteiger partial charge < -0.3 is 10.0 Å². The Bertz CT molecular complexity index is 364. The van der Waals surface area contributed by atoms with Crippen molar-refractivity contribution in [3.05, 3.63) is 29.8 Å². The number of para-hydroxylation sites is 1. The van der Waals surface area contributed by atoms with Crippen molar-refractivity contribution in [3.63, 3.8) is 0 Å². The smallest absolute Gasteiger partial charge is 0.0807 e. The van der Waals surface area contributed by atoms with E-state index in [1.54, 1.807) is 0 Å². The molecule has 0 spiro atoms. The number of nitrogens with zero attached hydrogens (tertiary/aromatic N) is 1. The number of anilines is 1. The number of aliphatic hydroxyl groups is 1. The van der Waals surface area contributed by atoms with Crippen LogP contribution in [0.3, 0.4) is 0 Å². The molecule has 94 valence electrons. The highest BCUT2D eigenvalue weighted by Crippen LogP contribution is 2.32. The molecule has 0 radical (unpaired) electrons. The van der Waals surface area contributed by atoms with Crippen molar-refractivity contribution in [2.45, 2.75) is 39.2 Å². The number of benzene rings is 1. The summed E-state index contributed by atoms with van der Waals surface area (Å²) in [6.45, 7) is 6.57. The summed E-state index contributed by atoms with van der Waals surface area (Å²) in [5.74, 6) is 0.821. The predicted octanol–water partition coefficient (Wildman–Crippen LogP) is 3.37. The minimum Gasteiger partial charge on any atom is -0.388 e. The van der Waals surface area contributed by atoms with E-state index >= 15 is 0 Å². The van der Waals surface area contributed by atoms with E-state index in [1.807, 2.05) is 13.0 Å². The summed E-state index contributed by atoms with van der Waals surface area (Å²) in [6, 6.07) is 8.29. The average Bonchev–Trinajstić information content (AvgIpc) is 2.86.